The first-order valence-electron chi connectivity index (χ1n) is 4.96. The highest BCUT2D eigenvalue weighted by molar-refractivity contribution is 5.84. The number of nitrogens with zero attached hydrogens (tertiary/aromatic N) is 2. The van der Waals surface area contributed by atoms with Crippen molar-refractivity contribution in [2.45, 2.75) is 0 Å². The van der Waals surface area contributed by atoms with E-state index >= 15 is 0 Å². The number of aromatic amines is 1. The molecule has 17 heavy (non-hydrogen) atoms. The van der Waals surface area contributed by atoms with Gasteiger partial charge in [0.25, 0.3) is 5.56 Å². The Morgan fingerprint density at radius 3 is 3.00 bits per heavy atom. The lowest BCUT2D eigenvalue weighted by Crippen LogP contribution is -1.93. The summed E-state index contributed by atoms with van der Waals surface area (Å²) < 4.78 is 20.6. The van der Waals surface area contributed by atoms with Crippen LogP contribution in [0.15, 0.2) is 33.7 Å². The molecular formula is C11H8FN3O2. The molecule has 3 rings (SSSR count). The van der Waals surface area contributed by atoms with Crippen molar-refractivity contribution in [2.24, 2.45) is 7.05 Å². The number of halogens is 1. The van der Waals surface area contributed by atoms with Crippen molar-refractivity contribution >= 4 is 10.9 Å². The van der Waals surface area contributed by atoms with Crippen molar-refractivity contribution in [3.8, 4) is 11.3 Å². The highest BCUT2D eigenvalue weighted by Crippen LogP contribution is 2.27. The SMILES string of the molecule is Cn1ncc2c(F)c(-c3cc(=O)[nH]o3)ccc21. The highest BCUT2D eigenvalue weighted by Gasteiger charge is 2.14. The fourth-order valence-corrected chi connectivity index (χ4v) is 1.80. The molecule has 0 fully saturated rings. The summed E-state index contributed by atoms with van der Waals surface area (Å²) >= 11 is 0. The van der Waals surface area contributed by atoms with E-state index in [-0.39, 0.29) is 11.3 Å². The van der Waals surface area contributed by atoms with Crippen LogP contribution in [-0.4, -0.2) is 14.9 Å². The normalized spacial score (nSPS) is 11.2. The average molecular weight is 233 g/mol. The third-order valence-electron chi connectivity index (χ3n) is 2.65. The minimum absolute atomic E-state index is 0.179. The first-order valence-corrected chi connectivity index (χ1v) is 4.96. The number of rotatable bonds is 1. The average Bonchev–Trinajstić information content (AvgIpc) is 2.87. The third kappa shape index (κ3) is 1.37. The van der Waals surface area contributed by atoms with Crippen LogP contribution >= 0.6 is 0 Å². The van der Waals surface area contributed by atoms with Crippen LogP contribution in [0.25, 0.3) is 22.2 Å². The summed E-state index contributed by atoms with van der Waals surface area (Å²) in [6.45, 7) is 0. The summed E-state index contributed by atoms with van der Waals surface area (Å²) in [4.78, 5) is 11.0. The van der Waals surface area contributed by atoms with Crippen LogP contribution in [0, 0.1) is 5.82 Å². The molecule has 0 aliphatic heterocycles. The largest absolute Gasteiger partial charge is 0.378 e. The Labute approximate surface area is 94.4 Å². The van der Waals surface area contributed by atoms with Gasteiger partial charge in [0.05, 0.1) is 28.7 Å². The van der Waals surface area contributed by atoms with Crippen LogP contribution in [0.3, 0.4) is 0 Å². The first kappa shape index (κ1) is 9.83. The minimum Gasteiger partial charge on any atom is -0.378 e. The molecule has 0 atom stereocenters. The molecule has 6 heteroatoms. The van der Waals surface area contributed by atoms with Crippen LogP contribution < -0.4 is 5.56 Å². The molecule has 0 aliphatic rings. The van der Waals surface area contributed by atoms with E-state index in [9.17, 15) is 9.18 Å². The molecule has 1 aromatic carbocycles. The predicted octanol–water partition coefficient (Wildman–Crippen LogP) is 1.66. The maximum Gasteiger partial charge on any atom is 0.280 e. The molecule has 0 saturated carbocycles. The Balaban J connectivity index is 2.31. The van der Waals surface area contributed by atoms with Gasteiger partial charge in [-0.05, 0) is 12.1 Å². The van der Waals surface area contributed by atoms with Gasteiger partial charge in [-0.2, -0.15) is 10.3 Å². The van der Waals surface area contributed by atoms with E-state index in [1.165, 1.54) is 12.3 Å². The number of nitrogens with one attached hydrogen (secondary N) is 1. The highest BCUT2D eigenvalue weighted by atomic mass is 19.1. The molecule has 2 aromatic heterocycles. The number of fused-ring (bicyclic) bond motifs is 1. The molecule has 0 saturated heterocycles. The monoisotopic (exact) mass is 233 g/mol. The van der Waals surface area contributed by atoms with E-state index in [2.05, 4.69) is 10.3 Å². The molecule has 0 spiro atoms. The van der Waals surface area contributed by atoms with Crippen LogP contribution in [0.5, 0.6) is 0 Å². The van der Waals surface area contributed by atoms with Crippen molar-refractivity contribution in [3.05, 3.63) is 40.6 Å². The van der Waals surface area contributed by atoms with Crippen molar-refractivity contribution < 1.29 is 8.91 Å². The van der Waals surface area contributed by atoms with Gasteiger partial charge in [0, 0.05) is 7.05 Å². The van der Waals surface area contributed by atoms with Gasteiger partial charge >= 0.3 is 0 Å². The van der Waals surface area contributed by atoms with Crippen LogP contribution in [0.2, 0.25) is 0 Å². The van der Waals surface area contributed by atoms with Gasteiger partial charge in [-0.25, -0.2) is 4.39 Å². The van der Waals surface area contributed by atoms with Gasteiger partial charge < -0.3 is 4.52 Å². The summed E-state index contributed by atoms with van der Waals surface area (Å²) in [5.41, 5.74) is 0.527. The number of hydrogen-bond acceptors (Lipinski definition) is 3. The van der Waals surface area contributed by atoms with E-state index in [1.54, 1.807) is 23.9 Å². The lowest BCUT2D eigenvalue weighted by molar-refractivity contribution is 0.424. The van der Waals surface area contributed by atoms with Gasteiger partial charge in [-0.3, -0.25) is 9.48 Å². The zero-order valence-corrected chi connectivity index (χ0v) is 8.90. The molecule has 2 heterocycles. The Bertz CT molecular complexity index is 754. The number of aryl methyl sites for hydroxylation is 1. The Morgan fingerprint density at radius 1 is 1.47 bits per heavy atom. The maximum absolute atomic E-state index is 14.1. The molecule has 1 N–H and O–H groups in total. The lowest BCUT2D eigenvalue weighted by Gasteiger charge is -2.00. The second-order valence-electron chi connectivity index (χ2n) is 3.71. The second-order valence-corrected chi connectivity index (χ2v) is 3.71. The van der Waals surface area contributed by atoms with E-state index in [0.717, 1.165) is 0 Å². The molecule has 3 aromatic rings. The quantitative estimate of drug-likeness (QED) is 0.695. The van der Waals surface area contributed by atoms with E-state index in [0.29, 0.717) is 10.9 Å². The zero-order chi connectivity index (χ0) is 12.0. The van der Waals surface area contributed by atoms with Crippen molar-refractivity contribution in [2.75, 3.05) is 0 Å². The summed E-state index contributed by atoms with van der Waals surface area (Å²) in [5.74, 6) is -0.267. The third-order valence-corrected chi connectivity index (χ3v) is 2.65. The Kier molecular flexibility index (Phi) is 1.91. The van der Waals surface area contributed by atoms with Crippen LogP contribution in [-0.2, 0) is 7.05 Å². The molecule has 0 bridgehead atoms. The summed E-state index contributed by atoms with van der Waals surface area (Å²) in [6, 6.07) is 4.50. The number of benzene rings is 1. The number of hydrogen-bond donors (Lipinski definition) is 1. The van der Waals surface area contributed by atoms with E-state index in [1.807, 2.05) is 0 Å². The fourth-order valence-electron chi connectivity index (χ4n) is 1.80. The van der Waals surface area contributed by atoms with Crippen molar-refractivity contribution in [1.82, 2.24) is 14.9 Å². The Morgan fingerprint density at radius 2 is 2.29 bits per heavy atom. The molecule has 0 radical (unpaired) electrons. The maximum atomic E-state index is 14.1. The molecule has 0 aliphatic carbocycles. The molecular weight excluding hydrogens is 225 g/mol. The van der Waals surface area contributed by atoms with E-state index in [4.69, 9.17) is 4.52 Å². The van der Waals surface area contributed by atoms with Crippen LogP contribution in [0.1, 0.15) is 0 Å². The van der Waals surface area contributed by atoms with E-state index < -0.39 is 11.4 Å². The van der Waals surface area contributed by atoms with Gasteiger partial charge in [-0.15, -0.1) is 0 Å². The van der Waals surface area contributed by atoms with Crippen molar-refractivity contribution in [1.29, 1.82) is 0 Å². The van der Waals surface area contributed by atoms with Crippen molar-refractivity contribution in [3.63, 3.8) is 0 Å². The first-order chi connectivity index (χ1) is 8.16. The molecule has 5 nitrogen and oxygen atoms in total. The lowest BCUT2D eigenvalue weighted by atomic mass is 10.1. The van der Waals surface area contributed by atoms with Gasteiger partial charge in [0.15, 0.2) is 5.76 Å². The van der Waals surface area contributed by atoms with Crippen LogP contribution in [0.4, 0.5) is 4.39 Å². The standard InChI is InChI=1S/C11H8FN3O2/c1-15-8-3-2-6(9-4-10(16)14-17-9)11(12)7(8)5-13-15/h2-5H,1H3,(H,14,16). The van der Waals surface area contributed by atoms with Gasteiger partial charge in [0.1, 0.15) is 5.82 Å². The Hall–Kier alpha value is -2.37. The molecule has 86 valence electrons. The second kappa shape index (κ2) is 3.31. The molecule has 0 amide bonds. The smallest absolute Gasteiger partial charge is 0.280 e. The predicted molar refractivity (Wildman–Crippen MR) is 59.0 cm³/mol. The topological polar surface area (TPSA) is 63.8 Å². The van der Waals surface area contributed by atoms with Gasteiger partial charge in [0.2, 0.25) is 0 Å². The zero-order valence-electron chi connectivity index (χ0n) is 8.90. The van der Waals surface area contributed by atoms with Gasteiger partial charge in [-0.1, -0.05) is 0 Å². The number of H-pyrrole nitrogens is 1. The summed E-state index contributed by atoms with van der Waals surface area (Å²) in [6.07, 6.45) is 1.44. The fraction of sp³-hybridized carbons (Fsp3) is 0.0909. The summed E-state index contributed by atoms with van der Waals surface area (Å²) in [7, 11) is 1.73. The summed E-state index contributed by atoms with van der Waals surface area (Å²) in [5, 5.41) is 6.50. The molecule has 0 unspecified atom stereocenters. The number of aromatic nitrogens is 3. The minimum atomic E-state index is -0.446.